The van der Waals surface area contributed by atoms with Gasteiger partial charge in [-0.25, -0.2) is 0 Å². The second-order valence-electron chi connectivity index (χ2n) is 8.81. The molecule has 0 radical (unpaired) electrons. The lowest BCUT2D eigenvalue weighted by Gasteiger charge is -2.29. The molecule has 2 unspecified atom stereocenters. The van der Waals surface area contributed by atoms with Crippen molar-refractivity contribution in [3.8, 4) is 0 Å². The summed E-state index contributed by atoms with van der Waals surface area (Å²) in [5.74, 6) is -0.943. The summed E-state index contributed by atoms with van der Waals surface area (Å²) in [5, 5.41) is 9.00. The summed E-state index contributed by atoms with van der Waals surface area (Å²) in [5.41, 5.74) is 0. The third-order valence-corrected chi connectivity index (χ3v) is 5.38. The fourth-order valence-electron chi connectivity index (χ4n) is 3.03. The number of hydrogen-bond acceptors (Lipinski definition) is 5. The van der Waals surface area contributed by atoms with Crippen molar-refractivity contribution in [1.29, 1.82) is 0 Å². The Hall–Kier alpha value is -0.300. The van der Waals surface area contributed by atoms with Crippen LogP contribution in [0.2, 0.25) is 0 Å². The molecule has 8 heteroatoms. The Balaban J connectivity index is 3.73. The molecule has 0 saturated carbocycles. The number of unbranched alkanes of at least 4 members (excludes halogenated alkanes) is 6. The number of ether oxygens (including phenoxy) is 1. The summed E-state index contributed by atoms with van der Waals surface area (Å²) in [6, 6.07) is 0. The fourth-order valence-corrected chi connectivity index (χ4v) is 3.77. The van der Waals surface area contributed by atoms with Crippen LogP contribution in [0.5, 0.6) is 0 Å². The van der Waals surface area contributed by atoms with Crippen LogP contribution in [0, 0.1) is 0 Å². The molecule has 0 saturated heterocycles. The highest BCUT2D eigenvalue weighted by Gasteiger charge is 2.25. The van der Waals surface area contributed by atoms with Crippen LogP contribution in [0.1, 0.15) is 78.1 Å². The Kier molecular flexibility index (Phi) is 17.2. The number of quaternary nitrogens is 1. The molecule has 3 atom stereocenters. The molecule has 0 aliphatic rings. The number of carboxylic acid groups (broad SMARTS) is 1. The quantitative estimate of drug-likeness (QED) is 0.162. The van der Waals surface area contributed by atoms with E-state index in [1.54, 1.807) is 0 Å². The first kappa shape index (κ1) is 28.7. The first-order valence-electron chi connectivity index (χ1n) is 11.1. The van der Waals surface area contributed by atoms with Crippen LogP contribution in [-0.4, -0.2) is 73.6 Å². The Morgan fingerprint density at radius 3 is 2.24 bits per heavy atom. The lowest BCUT2D eigenvalue weighted by Crippen LogP contribution is -2.42. The van der Waals surface area contributed by atoms with E-state index in [1.165, 1.54) is 32.1 Å². The maximum absolute atomic E-state index is 11.0. The number of nitrogens with zero attached hydrogens (tertiary/aromatic N) is 1. The number of carbonyl (C=O) groups is 1. The van der Waals surface area contributed by atoms with Crippen LogP contribution in [0.3, 0.4) is 0 Å². The largest absolute Gasteiger partial charge is 0.481 e. The van der Waals surface area contributed by atoms with E-state index in [1.807, 2.05) is 21.1 Å². The van der Waals surface area contributed by atoms with Gasteiger partial charge in [0.15, 0.2) is 0 Å². The summed E-state index contributed by atoms with van der Waals surface area (Å²) >= 11 is 0. The van der Waals surface area contributed by atoms with Gasteiger partial charge in [-0.15, -0.1) is 0 Å². The standard InChI is InChI=1S/C21H44NO6P/c1-6-7-8-9-11-14-19(2)26-15-12-10-13-16-27-29(25)28-20(17-21(23)24)18-22(3,4)5/h19-20,25H,6-18H2,1-5H3/p+1/t19?,20?,29-/m0/s1. The van der Waals surface area contributed by atoms with E-state index in [9.17, 15) is 9.69 Å². The SMILES string of the molecule is CCCCCCCC(C)OCCCCCO[P@](O)OC(CC(=O)O)C[N+](C)(C)C. The normalized spacial score (nSPS) is 15.2. The second kappa shape index (κ2) is 17.4. The van der Waals surface area contributed by atoms with Gasteiger partial charge in [-0.05, 0) is 32.6 Å². The molecule has 174 valence electrons. The molecule has 0 bridgehead atoms. The first-order valence-corrected chi connectivity index (χ1v) is 12.2. The Bertz CT molecular complexity index is 405. The predicted molar refractivity (Wildman–Crippen MR) is 118 cm³/mol. The number of carboxylic acids is 1. The van der Waals surface area contributed by atoms with Crippen LogP contribution in [0.4, 0.5) is 0 Å². The third-order valence-electron chi connectivity index (χ3n) is 4.50. The van der Waals surface area contributed by atoms with Crippen LogP contribution in [0.25, 0.3) is 0 Å². The molecule has 0 spiro atoms. The minimum Gasteiger partial charge on any atom is -0.481 e. The van der Waals surface area contributed by atoms with E-state index in [0.29, 0.717) is 23.7 Å². The van der Waals surface area contributed by atoms with Crippen LogP contribution in [0.15, 0.2) is 0 Å². The Labute approximate surface area is 179 Å². The van der Waals surface area contributed by atoms with Gasteiger partial charge in [-0.3, -0.25) is 4.79 Å². The summed E-state index contributed by atoms with van der Waals surface area (Å²) in [6.07, 6.45) is 9.95. The van der Waals surface area contributed by atoms with Crippen molar-refractivity contribution < 1.29 is 33.1 Å². The van der Waals surface area contributed by atoms with Crippen molar-refractivity contribution in [2.24, 2.45) is 0 Å². The predicted octanol–water partition coefficient (Wildman–Crippen LogP) is 4.72. The zero-order chi connectivity index (χ0) is 22.1. The van der Waals surface area contributed by atoms with E-state index >= 15 is 0 Å². The summed E-state index contributed by atoms with van der Waals surface area (Å²) in [4.78, 5) is 20.9. The van der Waals surface area contributed by atoms with Gasteiger partial charge in [0.2, 0.25) is 0 Å². The molecule has 0 rings (SSSR count). The van der Waals surface area contributed by atoms with Gasteiger partial charge in [0.05, 0.1) is 40.3 Å². The van der Waals surface area contributed by atoms with Gasteiger partial charge < -0.3 is 28.3 Å². The van der Waals surface area contributed by atoms with E-state index in [4.69, 9.17) is 18.9 Å². The smallest absolute Gasteiger partial charge is 0.330 e. The topological polar surface area (TPSA) is 85.2 Å². The van der Waals surface area contributed by atoms with E-state index < -0.39 is 20.7 Å². The van der Waals surface area contributed by atoms with E-state index in [2.05, 4.69) is 13.8 Å². The van der Waals surface area contributed by atoms with Gasteiger partial charge >= 0.3 is 14.6 Å². The lowest BCUT2D eigenvalue weighted by molar-refractivity contribution is -0.873. The monoisotopic (exact) mass is 438 g/mol. The highest BCUT2D eigenvalue weighted by molar-refractivity contribution is 7.40. The highest BCUT2D eigenvalue weighted by Crippen LogP contribution is 2.36. The molecule has 0 amide bonds. The van der Waals surface area contributed by atoms with Crippen LogP contribution < -0.4 is 0 Å². The number of hydrogen-bond donors (Lipinski definition) is 2. The molecule has 29 heavy (non-hydrogen) atoms. The first-order chi connectivity index (χ1) is 13.6. The maximum atomic E-state index is 11.0. The Morgan fingerprint density at radius 1 is 1.00 bits per heavy atom. The van der Waals surface area contributed by atoms with Crippen molar-refractivity contribution in [1.82, 2.24) is 0 Å². The van der Waals surface area contributed by atoms with Crippen molar-refractivity contribution in [3.05, 3.63) is 0 Å². The molecule has 0 aromatic carbocycles. The van der Waals surface area contributed by atoms with Crippen LogP contribution >= 0.6 is 8.60 Å². The summed E-state index contributed by atoms with van der Waals surface area (Å²) in [6.45, 7) is 6.02. The molecular weight excluding hydrogens is 393 g/mol. The second-order valence-corrected chi connectivity index (χ2v) is 9.76. The molecule has 7 nitrogen and oxygen atoms in total. The van der Waals surface area contributed by atoms with Crippen LogP contribution in [-0.2, 0) is 18.6 Å². The molecular formula is C21H45NO6P+. The van der Waals surface area contributed by atoms with Gasteiger partial charge in [0, 0.05) is 6.61 Å². The third kappa shape index (κ3) is 20.7. The molecule has 0 aliphatic heterocycles. The molecule has 0 heterocycles. The summed E-state index contributed by atoms with van der Waals surface area (Å²) in [7, 11) is 3.80. The number of rotatable bonds is 20. The van der Waals surface area contributed by atoms with Crippen molar-refractivity contribution >= 4 is 14.6 Å². The zero-order valence-corrected chi connectivity index (χ0v) is 20.2. The lowest BCUT2D eigenvalue weighted by atomic mass is 10.1. The van der Waals surface area contributed by atoms with Gasteiger partial charge in [-0.1, -0.05) is 39.0 Å². The molecule has 0 aliphatic carbocycles. The van der Waals surface area contributed by atoms with Crippen molar-refractivity contribution in [3.63, 3.8) is 0 Å². The maximum Gasteiger partial charge on any atom is 0.330 e. The molecule has 2 N–H and O–H groups in total. The van der Waals surface area contributed by atoms with Crippen molar-refractivity contribution in [2.45, 2.75) is 90.3 Å². The van der Waals surface area contributed by atoms with Gasteiger partial charge in [0.1, 0.15) is 12.6 Å². The number of aliphatic carboxylic acids is 1. The highest BCUT2D eigenvalue weighted by atomic mass is 31.2. The van der Waals surface area contributed by atoms with E-state index in [0.717, 1.165) is 32.3 Å². The average Bonchev–Trinajstić information content (AvgIpc) is 2.58. The molecule has 0 aromatic rings. The molecule has 0 fully saturated rings. The Morgan fingerprint density at radius 2 is 1.62 bits per heavy atom. The average molecular weight is 439 g/mol. The van der Waals surface area contributed by atoms with Crippen molar-refractivity contribution in [2.75, 3.05) is 40.9 Å². The van der Waals surface area contributed by atoms with E-state index in [-0.39, 0.29) is 6.42 Å². The minimum absolute atomic E-state index is 0.146. The molecule has 0 aromatic heterocycles. The minimum atomic E-state index is -2.05. The number of likely N-dealkylation sites (N-methyl/N-ethyl adjacent to an activating group) is 1. The van der Waals surface area contributed by atoms with Gasteiger partial charge in [-0.2, -0.15) is 0 Å². The van der Waals surface area contributed by atoms with Gasteiger partial charge in [0.25, 0.3) is 0 Å². The zero-order valence-electron chi connectivity index (χ0n) is 19.3. The summed E-state index contributed by atoms with van der Waals surface area (Å²) < 4.78 is 17.2. The fraction of sp³-hybridized carbons (Fsp3) is 0.952.